The Hall–Kier alpha value is -4.00. The first-order chi connectivity index (χ1) is 16.6. The van der Waals surface area contributed by atoms with Crippen LogP contribution in [0.15, 0.2) is 71.1 Å². The number of aromatic nitrogens is 2. The summed E-state index contributed by atoms with van der Waals surface area (Å²) in [7, 11) is 3.19. The van der Waals surface area contributed by atoms with Crippen LogP contribution in [0.1, 0.15) is 29.5 Å². The summed E-state index contributed by atoms with van der Waals surface area (Å²) in [5.41, 5.74) is 6.55. The van der Waals surface area contributed by atoms with Crippen molar-refractivity contribution in [2.24, 2.45) is 4.99 Å². The molecule has 7 heteroatoms. The van der Waals surface area contributed by atoms with Gasteiger partial charge in [-0.2, -0.15) is 0 Å². The molecule has 3 aromatic rings. The van der Waals surface area contributed by atoms with Crippen molar-refractivity contribution in [3.63, 3.8) is 0 Å². The maximum absolute atomic E-state index is 14.7. The van der Waals surface area contributed by atoms with E-state index in [-0.39, 0.29) is 5.83 Å². The van der Waals surface area contributed by atoms with Crippen LogP contribution in [0.4, 0.5) is 16.0 Å². The Labute approximate surface area is 197 Å². The van der Waals surface area contributed by atoms with Gasteiger partial charge in [0.15, 0.2) is 11.5 Å². The van der Waals surface area contributed by atoms with Crippen LogP contribution >= 0.6 is 0 Å². The molecule has 0 saturated carbocycles. The maximum atomic E-state index is 14.7. The number of halogens is 1. The minimum absolute atomic E-state index is 0.218. The molecule has 6 nitrogen and oxygen atoms in total. The Morgan fingerprint density at radius 3 is 2.56 bits per heavy atom. The van der Waals surface area contributed by atoms with Crippen molar-refractivity contribution in [3.8, 4) is 22.8 Å². The van der Waals surface area contributed by atoms with Gasteiger partial charge in [0.2, 0.25) is 5.95 Å². The van der Waals surface area contributed by atoms with Crippen LogP contribution in [0.25, 0.3) is 11.3 Å². The molecule has 0 spiro atoms. The Morgan fingerprint density at radius 1 is 0.941 bits per heavy atom. The standard InChI is InChI=1S/C27H25FN4O2/c1-16-8-10-19-21(12-16)25-17(14-29-26(19)20-6-4-5-7-22(20)28)15-30-27(32-25)31-18-9-11-23(33-2)24(13-18)34-3/h6-13,15H,4-5,14H2,1-3H3,(H,30,31,32). The summed E-state index contributed by atoms with van der Waals surface area (Å²) in [6.07, 6.45) is 6.86. The summed E-state index contributed by atoms with van der Waals surface area (Å²) in [5.74, 6) is 1.48. The lowest BCUT2D eigenvalue weighted by atomic mass is 9.91. The van der Waals surface area contributed by atoms with Crippen molar-refractivity contribution in [2.45, 2.75) is 26.3 Å². The molecule has 34 heavy (non-hydrogen) atoms. The zero-order valence-electron chi connectivity index (χ0n) is 19.4. The highest BCUT2D eigenvalue weighted by atomic mass is 19.1. The number of allylic oxidation sites excluding steroid dienone is 4. The molecule has 172 valence electrons. The number of rotatable bonds is 5. The number of anilines is 2. The van der Waals surface area contributed by atoms with Gasteiger partial charge in [-0.1, -0.05) is 23.8 Å². The molecular formula is C27H25FN4O2. The van der Waals surface area contributed by atoms with E-state index in [0.29, 0.717) is 41.7 Å². The number of ether oxygens (including phenoxy) is 2. The smallest absolute Gasteiger partial charge is 0.227 e. The van der Waals surface area contributed by atoms with Crippen LogP contribution in [0.3, 0.4) is 0 Å². The van der Waals surface area contributed by atoms with E-state index in [0.717, 1.165) is 40.1 Å². The van der Waals surface area contributed by atoms with Crippen molar-refractivity contribution in [3.05, 3.63) is 82.8 Å². The summed E-state index contributed by atoms with van der Waals surface area (Å²) in [6, 6.07) is 11.6. The molecule has 1 aliphatic heterocycles. The van der Waals surface area contributed by atoms with E-state index in [1.807, 2.05) is 43.3 Å². The molecule has 2 aromatic carbocycles. The van der Waals surface area contributed by atoms with Crippen molar-refractivity contribution in [1.82, 2.24) is 9.97 Å². The molecule has 0 fully saturated rings. The number of aryl methyl sites for hydroxylation is 1. The van der Waals surface area contributed by atoms with Gasteiger partial charge in [0.1, 0.15) is 5.83 Å². The molecule has 0 saturated heterocycles. The first kappa shape index (κ1) is 21.8. The van der Waals surface area contributed by atoms with E-state index in [9.17, 15) is 4.39 Å². The fraction of sp³-hybridized carbons (Fsp3) is 0.222. The minimum Gasteiger partial charge on any atom is -0.493 e. The number of nitrogens with one attached hydrogen (secondary N) is 1. The van der Waals surface area contributed by atoms with Gasteiger partial charge in [0, 0.05) is 40.2 Å². The molecule has 5 rings (SSSR count). The number of fused-ring (bicyclic) bond motifs is 3. The van der Waals surface area contributed by atoms with E-state index in [1.165, 1.54) is 0 Å². The number of hydrogen-bond acceptors (Lipinski definition) is 6. The van der Waals surface area contributed by atoms with Gasteiger partial charge in [0.05, 0.1) is 32.2 Å². The summed E-state index contributed by atoms with van der Waals surface area (Å²) in [5, 5.41) is 3.25. The molecule has 0 bridgehead atoms. The van der Waals surface area contributed by atoms with Crippen LogP contribution in [0.5, 0.6) is 11.5 Å². The van der Waals surface area contributed by atoms with E-state index in [2.05, 4.69) is 16.4 Å². The number of aliphatic imine (C=N–C) groups is 1. The zero-order chi connectivity index (χ0) is 23.7. The number of benzene rings is 2. The van der Waals surface area contributed by atoms with E-state index in [4.69, 9.17) is 19.5 Å². The Morgan fingerprint density at radius 2 is 1.76 bits per heavy atom. The first-order valence-corrected chi connectivity index (χ1v) is 11.1. The topological polar surface area (TPSA) is 68.6 Å². The average Bonchev–Trinajstić information content (AvgIpc) is 3.01. The molecule has 0 atom stereocenters. The third-order valence-corrected chi connectivity index (χ3v) is 5.95. The van der Waals surface area contributed by atoms with Crippen molar-refractivity contribution < 1.29 is 13.9 Å². The van der Waals surface area contributed by atoms with Crippen molar-refractivity contribution >= 4 is 17.3 Å². The van der Waals surface area contributed by atoms with Gasteiger partial charge in [-0.15, -0.1) is 0 Å². The summed E-state index contributed by atoms with van der Waals surface area (Å²) in [6.45, 7) is 2.41. The fourth-order valence-corrected chi connectivity index (χ4v) is 4.25. The predicted molar refractivity (Wildman–Crippen MR) is 132 cm³/mol. The molecule has 2 aliphatic rings. The number of hydrogen-bond donors (Lipinski definition) is 1. The lowest BCUT2D eigenvalue weighted by Gasteiger charge is -2.16. The van der Waals surface area contributed by atoms with E-state index >= 15 is 0 Å². The number of nitrogens with zero attached hydrogens (tertiary/aromatic N) is 3. The summed E-state index contributed by atoms with van der Waals surface area (Å²) < 4.78 is 25.5. The quantitative estimate of drug-likeness (QED) is 0.503. The molecule has 1 aromatic heterocycles. The predicted octanol–water partition coefficient (Wildman–Crippen LogP) is 6.09. The molecule has 2 heterocycles. The van der Waals surface area contributed by atoms with Gasteiger partial charge >= 0.3 is 0 Å². The third-order valence-electron chi connectivity index (χ3n) is 5.95. The molecule has 0 unspecified atom stereocenters. The largest absolute Gasteiger partial charge is 0.493 e. The zero-order valence-corrected chi connectivity index (χ0v) is 19.4. The van der Waals surface area contributed by atoms with Gasteiger partial charge in [0.25, 0.3) is 0 Å². The third kappa shape index (κ3) is 4.05. The number of methoxy groups -OCH3 is 2. The van der Waals surface area contributed by atoms with Crippen LogP contribution in [0.2, 0.25) is 0 Å². The molecule has 1 aliphatic carbocycles. The Kier molecular flexibility index (Phi) is 5.84. The second kappa shape index (κ2) is 9.09. The highest BCUT2D eigenvalue weighted by molar-refractivity contribution is 6.18. The highest BCUT2D eigenvalue weighted by Crippen LogP contribution is 2.36. The second-order valence-electron chi connectivity index (χ2n) is 8.22. The van der Waals surface area contributed by atoms with Crippen LogP contribution < -0.4 is 14.8 Å². The van der Waals surface area contributed by atoms with Crippen LogP contribution in [-0.2, 0) is 6.54 Å². The van der Waals surface area contributed by atoms with Crippen LogP contribution in [-0.4, -0.2) is 29.9 Å². The van der Waals surface area contributed by atoms with Crippen molar-refractivity contribution in [2.75, 3.05) is 19.5 Å². The molecule has 0 amide bonds. The van der Waals surface area contributed by atoms with Crippen LogP contribution in [0, 0.1) is 6.92 Å². The summed E-state index contributed by atoms with van der Waals surface area (Å²) in [4.78, 5) is 14.2. The second-order valence-corrected chi connectivity index (χ2v) is 8.22. The first-order valence-electron chi connectivity index (χ1n) is 11.1. The summed E-state index contributed by atoms with van der Waals surface area (Å²) >= 11 is 0. The Bertz CT molecular complexity index is 1360. The van der Waals surface area contributed by atoms with Gasteiger partial charge < -0.3 is 14.8 Å². The van der Waals surface area contributed by atoms with E-state index in [1.54, 1.807) is 26.5 Å². The Balaban J connectivity index is 1.56. The van der Waals surface area contributed by atoms with E-state index < -0.39 is 0 Å². The highest BCUT2D eigenvalue weighted by Gasteiger charge is 2.24. The van der Waals surface area contributed by atoms with Gasteiger partial charge in [-0.25, -0.2) is 14.4 Å². The van der Waals surface area contributed by atoms with Gasteiger partial charge in [-0.05, 0) is 44.0 Å². The maximum Gasteiger partial charge on any atom is 0.227 e. The normalized spacial score (nSPS) is 14.6. The SMILES string of the molecule is COc1ccc(Nc2ncc3c(n2)-c2cc(C)ccc2C(C2=CCCC=C2F)=NC3)cc1OC. The lowest BCUT2D eigenvalue weighted by Crippen LogP contribution is -2.09. The lowest BCUT2D eigenvalue weighted by molar-refractivity contribution is 0.355. The minimum atomic E-state index is -0.218. The molecule has 0 radical (unpaired) electrons. The fourth-order valence-electron chi connectivity index (χ4n) is 4.25. The average molecular weight is 457 g/mol. The molecular weight excluding hydrogens is 431 g/mol. The van der Waals surface area contributed by atoms with Crippen molar-refractivity contribution in [1.29, 1.82) is 0 Å². The monoisotopic (exact) mass is 456 g/mol. The molecule has 1 N–H and O–H groups in total. The van der Waals surface area contributed by atoms with Gasteiger partial charge in [-0.3, -0.25) is 4.99 Å².